The summed E-state index contributed by atoms with van der Waals surface area (Å²) < 4.78 is 0.569. The molecule has 72 valence electrons. The van der Waals surface area contributed by atoms with E-state index in [1.54, 1.807) is 12.1 Å². The van der Waals surface area contributed by atoms with Crippen LogP contribution in [-0.4, -0.2) is 11.1 Å². The lowest BCUT2D eigenvalue weighted by Crippen LogP contribution is -2.01. The van der Waals surface area contributed by atoms with Crippen molar-refractivity contribution in [2.45, 2.75) is 6.42 Å². The molecule has 0 amide bonds. The molecule has 0 spiro atoms. The molecule has 0 aliphatic carbocycles. The lowest BCUT2D eigenvalue weighted by atomic mass is 10.1. The first-order chi connectivity index (χ1) is 6.56. The van der Waals surface area contributed by atoms with Crippen LogP contribution in [0.15, 0.2) is 16.6 Å². The van der Waals surface area contributed by atoms with E-state index in [0.717, 1.165) is 0 Å². The highest BCUT2D eigenvalue weighted by Gasteiger charge is 2.11. The highest BCUT2D eigenvalue weighted by atomic mass is 79.9. The maximum absolute atomic E-state index is 10.5. The summed E-state index contributed by atoms with van der Waals surface area (Å²) in [4.78, 5) is 10.5. The van der Waals surface area contributed by atoms with Crippen molar-refractivity contribution in [1.29, 1.82) is 5.26 Å². The Morgan fingerprint density at radius 3 is 2.79 bits per heavy atom. The van der Waals surface area contributed by atoms with Crippen LogP contribution in [0.2, 0.25) is 5.02 Å². The van der Waals surface area contributed by atoms with E-state index < -0.39 is 5.97 Å². The third-order valence-electron chi connectivity index (χ3n) is 1.62. The Bertz CT molecular complexity index is 426. The summed E-state index contributed by atoms with van der Waals surface area (Å²) in [5.74, 6) is -0.974. The second-order valence-corrected chi connectivity index (χ2v) is 3.81. The SMILES string of the molecule is N#Cc1c(Br)ccc(CC(=O)O)c1Cl. The van der Waals surface area contributed by atoms with Crippen LogP contribution in [0.1, 0.15) is 11.1 Å². The maximum Gasteiger partial charge on any atom is 0.307 e. The lowest BCUT2D eigenvalue weighted by Gasteiger charge is -2.04. The van der Waals surface area contributed by atoms with Gasteiger partial charge < -0.3 is 5.11 Å². The zero-order valence-corrected chi connectivity index (χ0v) is 9.26. The molecule has 0 bridgehead atoms. The van der Waals surface area contributed by atoms with Gasteiger partial charge in [0, 0.05) is 4.47 Å². The van der Waals surface area contributed by atoms with E-state index in [1.807, 2.05) is 6.07 Å². The number of carbonyl (C=O) groups is 1. The summed E-state index contributed by atoms with van der Waals surface area (Å²) in [6.45, 7) is 0. The number of aliphatic carboxylic acids is 1. The van der Waals surface area contributed by atoms with Crippen molar-refractivity contribution < 1.29 is 9.90 Å². The topological polar surface area (TPSA) is 61.1 Å². The molecule has 3 nitrogen and oxygen atoms in total. The average molecular weight is 275 g/mol. The molecule has 0 unspecified atom stereocenters. The van der Waals surface area contributed by atoms with Crippen molar-refractivity contribution in [3.63, 3.8) is 0 Å². The fourth-order valence-electron chi connectivity index (χ4n) is 0.998. The van der Waals surface area contributed by atoms with Gasteiger partial charge in [-0.2, -0.15) is 5.26 Å². The second-order valence-electron chi connectivity index (χ2n) is 2.58. The van der Waals surface area contributed by atoms with Gasteiger partial charge in [-0.1, -0.05) is 17.7 Å². The van der Waals surface area contributed by atoms with Crippen molar-refractivity contribution in [3.05, 3.63) is 32.8 Å². The third kappa shape index (κ3) is 2.25. The van der Waals surface area contributed by atoms with Crippen LogP contribution >= 0.6 is 27.5 Å². The van der Waals surface area contributed by atoms with Crippen LogP contribution in [0.4, 0.5) is 0 Å². The predicted molar refractivity (Wildman–Crippen MR) is 55.2 cm³/mol. The van der Waals surface area contributed by atoms with E-state index in [2.05, 4.69) is 15.9 Å². The molecular weight excluding hydrogens is 269 g/mol. The van der Waals surface area contributed by atoms with Crippen LogP contribution in [0.3, 0.4) is 0 Å². The van der Waals surface area contributed by atoms with E-state index >= 15 is 0 Å². The average Bonchev–Trinajstić information content (AvgIpc) is 2.10. The van der Waals surface area contributed by atoms with Crippen LogP contribution in [-0.2, 0) is 11.2 Å². The first-order valence-corrected chi connectivity index (χ1v) is 4.82. The lowest BCUT2D eigenvalue weighted by molar-refractivity contribution is -0.136. The molecule has 1 N–H and O–H groups in total. The Labute approximate surface area is 94.0 Å². The highest BCUT2D eigenvalue weighted by Crippen LogP contribution is 2.27. The summed E-state index contributed by atoms with van der Waals surface area (Å²) in [5.41, 5.74) is 0.712. The minimum atomic E-state index is -0.974. The molecular formula is C9H5BrClNO2. The molecule has 0 radical (unpaired) electrons. The van der Waals surface area contributed by atoms with Gasteiger partial charge in [0.15, 0.2) is 0 Å². The molecule has 0 heterocycles. The number of hydrogen-bond acceptors (Lipinski definition) is 2. The molecule has 0 aliphatic rings. The number of hydrogen-bond donors (Lipinski definition) is 1. The normalized spacial score (nSPS) is 9.50. The molecule has 0 saturated carbocycles. The molecule has 14 heavy (non-hydrogen) atoms. The Kier molecular flexibility index (Phi) is 3.50. The number of nitriles is 1. The van der Waals surface area contributed by atoms with Gasteiger partial charge >= 0.3 is 5.97 Å². The molecule has 0 atom stereocenters. The molecule has 5 heteroatoms. The molecule has 0 saturated heterocycles. The number of benzene rings is 1. The van der Waals surface area contributed by atoms with Crippen LogP contribution in [0, 0.1) is 11.3 Å². The summed E-state index contributed by atoms with van der Waals surface area (Å²) in [5, 5.41) is 17.5. The first kappa shape index (κ1) is 11.0. The van der Waals surface area contributed by atoms with Gasteiger partial charge in [0.2, 0.25) is 0 Å². The van der Waals surface area contributed by atoms with Gasteiger partial charge in [0.05, 0.1) is 17.0 Å². The van der Waals surface area contributed by atoms with Crippen molar-refractivity contribution in [2.75, 3.05) is 0 Å². The summed E-state index contributed by atoms with van der Waals surface area (Å²) in [6, 6.07) is 5.10. The van der Waals surface area contributed by atoms with E-state index in [-0.39, 0.29) is 17.0 Å². The van der Waals surface area contributed by atoms with E-state index in [0.29, 0.717) is 10.0 Å². The monoisotopic (exact) mass is 273 g/mol. The molecule has 0 aliphatic heterocycles. The van der Waals surface area contributed by atoms with Crippen molar-refractivity contribution >= 4 is 33.5 Å². The highest BCUT2D eigenvalue weighted by molar-refractivity contribution is 9.10. The third-order valence-corrected chi connectivity index (χ3v) is 2.72. The Morgan fingerprint density at radius 2 is 2.29 bits per heavy atom. The van der Waals surface area contributed by atoms with Crippen LogP contribution < -0.4 is 0 Å². The minimum absolute atomic E-state index is 0.180. The fraction of sp³-hybridized carbons (Fsp3) is 0.111. The standard InChI is InChI=1S/C9H5BrClNO2/c10-7-2-1-5(3-8(13)14)9(11)6(7)4-12/h1-2H,3H2,(H,13,14). The Morgan fingerprint density at radius 1 is 1.64 bits per heavy atom. The largest absolute Gasteiger partial charge is 0.481 e. The summed E-state index contributed by atoms with van der Waals surface area (Å²) in [6.07, 6.45) is -0.180. The van der Waals surface area contributed by atoms with Gasteiger partial charge in [0.25, 0.3) is 0 Å². The predicted octanol–water partition coefficient (Wildman–Crippen LogP) is 2.60. The number of carboxylic acids is 1. The Balaban J connectivity index is 3.23. The molecule has 0 aromatic heterocycles. The number of nitrogens with zero attached hydrogens (tertiary/aromatic N) is 1. The van der Waals surface area contributed by atoms with Gasteiger partial charge in [-0.15, -0.1) is 0 Å². The van der Waals surface area contributed by atoms with Crippen molar-refractivity contribution in [1.82, 2.24) is 0 Å². The van der Waals surface area contributed by atoms with E-state index in [1.165, 1.54) is 0 Å². The van der Waals surface area contributed by atoms with Crippen molar-refractivity contribution in [3.8, 4) is 6.07 Å². The Hall–Kier alpha value is -1.05. The van der Waals surface area contributed by atoms with Crippen molar-refractivity contribution in [2.24, 2.45) is 0 Å². The fourth-order valence-corrected chi connectivity index (χ4v) is 1.80. The van der Waals surface area contributed by atoms with Gasteiger partial charge in [-0.05, 0) is 27.6 Å². The minimum Gasteiger partial charge on any atom is -0.481 e. The zero-order valence-electron chi connectivity index (χ0n) is 6.92. The van der Waals surface area contributed by atoms with Gasteiger partial charge in [-0.3, -0.25) is 4.79 Å². The van der Waals surface area contributed by atoms with Crippen LogP contribution in [0.5, 0.6) is 0 Å². The quantitative estimate of drug-likeness (QED) is 0.901. The molecule has 0 fully saturated rings. The molecule has 1 aromatic rings. The first-order valence-electron chi connectivity index (χ1n) is 3.65. The number of halogens is 2. The second kappa shape index (κ2) is 4.45. The van der Waals surface area contributed by atoms with E-state index in [4.69, 9.17) is 22.0 Å². The summed E-state index contributed by atoms with van der Waals surface area (Å²) >= 11 is 9.00. The maximum atomic E-state index is 10.5. The van der Waals surface area contributed by atoms with Crippen LogP contribution in [0.25, 0.3) is 0 Å². The smallest absolute Gasteiger partial charge is 0.307 e. The zero-order chi connectivity index (χ0) is 10.7. The molecule has 1 rings (SSSR count). The number of rotatable bonds is 2. The molecule has 1 aromatic carbocycles. The van der Waals surface area contributed by atoms with Gasteiger partial charge in [0.1, 0.15) is 6.07 Å². The van der Waals surface area contributed by atoms with E-state index in [9.17, 15) is 4.79 Å². The van der Waals surface area contributed by atoms with Gasteiger partial charge in [-0.25, -0.2) is 0 Å². The number of carboxylic acid groups (broad SMARTS) is 1. The summed E-state index contributed by atoms with van der Waals surface area (Å²) in [7, 11) is 0.